The maximum Gasteiger partial charge on any atom is 0.173 e. The molecule has 4 heteroatoms. The first-order valence-corrected chi connectivity index (χ1v) is 9.18. The van der Waals surface area contributed by atoms with E-state index in [1.54, 1.807) is 0 Å². The van der Waals surface area contributed by atoms with Crippen molar-refractivity contribution in [1.82, 2.24) is 9.88 Å². The summed E-state index contributed by atoms with van der Waals surface area (Å²) in [6.45, 7) is 7.30. The van der Waals surface area contributed by atoms with Crippen LogP contribution in [0.2, 0.25) is 0 Å². The number of benzene rings is 2. The third-order valence-electron chi connectivity index (χ3n) is 4.67. The lowest BCUT2D eigenvalue weighted by Crippen LogP contribution is -2.40. The van der Waals surface area contributed by atoms with Crippen molar-refractivity contribution in [2.75, 3.05) is 5.32 Å². The minimum atomic E-state index is 0.360. The van der Waals surface area contributed by atoms with Crippen molar-refractivity contribution in [2.45, 2.75) is 39.8 Å². The lowest BCUT2D eigenvalue weighted by atomic mass is 10.1. The van der Waals surface area contributed by atoms with Gasteiger partial charge >= 0.3 is 0 Å². The monoisotopic (exact) mass is 351 g/mol. The van der Waals surface area contributed by atoms with Crippen LogP contribution < -0.4 is 5.32 Å². The number of rotatable bonds is 5. The van der Waals surface area contributed by atoms with E-state index in [9.17, 15) is 0 Å². The van der Waals surface area contributed by atoms with Crippen molar-refractivity contribution >= 4 is 33.9 Å². The van der Waals surface area contributed by atoms with Crippen LogP contribution in [0.15, 0.2) is 54.7 Å². The fraction of sp³-hybridized carbons (Fsp3) is 0.286. The molecule has 0 spiro atoms. The van der Waals surface area contributed by atoms with Gasteiger partial charge in [-0.1, -0.05) is 37.3 Å². The summed E-state index contributed by atoms with van der Waals surface area (Å²) in [6, 6.07) is 17.1. The van der Waals surface area contributed by atoms with Crippen LogP contribution in [0.5, 0.6) is 0 Å². The van der Waals surface area contributed by atoms with E-state index in [4.69, 9.17) is 12.2 Å². The molecule has 3 aromatic rings. The largest absolute Gasteiger partial charge is 0.361 e. The molecule has 3 rings (SSSR count). The second-order valence-corrected chi connectivity index (χ2v) is 6.93. The van der Waals surface area contributed by atoms with Gasteiger partial charge in [0.1, 0.15) is 0 Å². The average molecular weight is 352 g/mol. The molecule has 1 aromatic heterocycles. The highest BCUT2D eigenvalue weighted by Crippen LogP contribution is 2.22. The Labute approximate surface area is 155 Å². The summed E-state index contributed by atoms with van der Waals surface area (Å²) in [4.78, 5) is 5.63. The number of aryl methyl sites for hydroxylation is 1. The zero-order chi connectivity index (χ0) is 17.8. The smallest absolute Gasteiger partial charge is 0.173 e. The molecule has 25 heavy (non-hydrogen) atoms. The summed E-state index contributed by atoms with van der Waals surface area (Å²) in [6.07, 6.45) is 3.13. The highest BCUT2D eigenvalue weighted by Gasteiger charge is 2.18. The third kappa shape index (κ3) is 4.02. The van der Waals surface area contributed by atoms with E-state index in [1.807, 2.05) is 6.07 Å². The average Bonchev–Trinajstić information content (AvgIpc) is 3.02. The standard InChI is InChI=1S/C21H25N3S/c1-4-16(3)24(21(25)23-18-9-7-8-15(2)12-18)14-17-13-22-20-11-6-5-10-19(17)20/h5-13,16,22H,4,14H2,1-3H3,(H,23,25)/t16-/m0/s1. The molecule has 0 fully saturated rings. The number of aromatic nitrogens is 1. The van der Waals surface area contributed by atoms with Gasteiger partial charge in [0.15, 0.2) is 5.11 Å². The number of nitrogens with zero attached hydrogens (tertiary/aromatic N) is 1. The molecule has 0 aliphatic heterocycles. The van der Waals surface area contributed by atoms with Crippen molar-refractivity contribution in [3.63, 3.8) is 0 Å². The number of hydrogen-bond donors (Lipinski definition) is 2. The quantitative estimate of drug-likeness (QED) is 0.597. The highest BCUT2D eigenvalue weighted by molar-refractivity contribution is 7.80. The van der Waals surface area contributed by atoms with Gasteiger partial charge in [0.2, 0.25) is 0 Å². The number of hydrogen-bond acceptors (Lipinski definition) is 1. The number of H-pyrrole nitrogens is 1. The lowest BCUT2D eigenvalue weighted by molar-refractivity contribution is 0.321. The van der Waals surface area contributed by atoms with Crippen LogP contribution in [0.1, 0.15) is 31.4 Å². The Kier molecular flexibility index (Phi) is 5.39. The van der Waals surface area contributed by atoms with Gasteiger partial charge in [0, 0.05) is 35.4 Å². The molecule has 1 heterocycles. The zero-order valence-electron chi connectivity index (χ0n) is 15.0. The highest BCUT2D eigenvalue weighted by atomic mass is 32.1. The normalized spacial score (nSPS) is 12.1. The Morgan fingerprint density at radius 3 is 2.76 bits per heavy atom. The topological polar surface area (TPSA) is 31.1 Å². The van der Waals surface area contributed by atoms with Crippen LogP contribution in [-0.4, -0.2) is 21.0 Å². The summed E-state index contributed by atoms with van der Waals surface area (Å²) in [5.74, 6) is 0. The maximum absolute atomic E-state index is 5.74. The first-order valence-electron chi connectivity index (χ1n) is 8.77. The molecule has 3 nitrogen and oxygen atoms in total. The van der Waals surface area contributed by atoms with Gasteiger partial charge in [-0.25, -0.2) is 0 Å². The van der Waals surface area contributed by atoms with Crippen LogP contribution in [-0.2, 0) is 6.54 Å². The number of para-hydroxylation sites is 1. The van der Waals surface area contributed by atoms with Crippen LogP contribution >= 0.6 is 12.2 Å². The molecule has 0 aliphatic rings. The van der Waals surface area contributed by atoms with E-state index < -0.39 is 0 Å². The van der Waals surface area contributed by atoms with Crippen LogP contribution in [0.25, 0.3) is 10.9 Å². The molecule has 0 aliphatic carbocycles. The second kappa shape index (κ2) is 7.70. The fourth-order valence-electron chi connectivity index (χ4n) is 3.01. The predicted octanol–water partition coefficient (Wildman–Crippen LogP) is 5.47. The number of anilines is 1. The summed E-state index contributed by atoms with van der Waals surface area (Å²) >= 11 is 5.74. The van der Waals surface area contributed by atoms with E-state index in [1.165, 1.54) is 22.0 Å². The Bertz CT molecular complexity index is 868. The van der Waals surface area contributed by atoms with Crippen LogP contribution in [0, 0.1) is 6.92 Å². The molecular formula is C21H25N3S. The molecule has 0 bridgehead atoms. The van der Waals surface area contributed by atoms with Gasteiger partial charge in [-0.15, -0.1) is 0 Å². The van der Waals surface area contributed by atoms with Crippen molar-refractivity contribution in [1.29, 1.82) is 0 Å². The number of nitrogens with one attached hydrogen (secondary N) is 2. The lowest BCUT2D eigenvalue weighted by Gasteiger charge is -2.31. The molecule has 2 N–H and O–H groups in total. The van der Waals surface area contributed by atoms with E-state index in [-0.39, 0.29) is 0 Å². The van der Waals surface area contributed by atoms with Gasteiger partial charge in [0.05, 0.1) is 0 Å². The molecule has 0 saturated carbocycles. The molecular weight excluding hydrogens is 326 g/mol. The van der Waals surface area contributed by atoms with E-state index >= 15 is 0 Å². The number of thiocarbonyl (C=S) groups is 1. The van der Waals surface area contributed by atoms with Gasteiger partial charge in [-0.3, -0.25) is 0 Å². The van der Waals surface area contributed by atoms with Gasteiger partial charge in [-0.2, -0.15) is 0 Å². The summed E-state index contributed by atoms with van der Waals surface area (Å²) in [7, 11) is 0. The van der Waals surface area contributed by atoms with E-state index in [0.29, 0.717) is 6.04 Å². The predicted molar refractivity (Wildman–Crippen MR) is 111 cm³/mol. The maximum atomic E-state index is 5.74. The number of fused-ring (bicyclic) bond motifs is 1. The van der Waals surface area contributed by atoms with Crippen molar-refractivity contribution in [2.24, 2.45) is 0 Å². The molecule has 130 valence electrons. The first-order chi connectivity index (χ1) is 12.1. The van der Waals surface area contributed by atoms with Gasteiger partial charge in [-0.05, 0) is 61.8 Å². The van der Waals surface area contributed by atoms with Crippen molar-refractivity contribution in [3.05, 3.63) is 65.9 Å². The second-order valence-electron chi connectivity index (χ2n) is 6.54. The van der Waals surface area contributed by atoms with Crippen LogP contribution in [0.3, 0.4) is 0 Å². The Morgan fingerprint density at radius 1 is 1.20 bits per heavy atom. The van der Waals surface area contributed by atoms with E-state index in [0.717, 1.165) is 23.8 Å². The minimum Gasteiger partial charge on any atom is -0.361 e. The van der Waals surface area contributed by atoms with Gasteiger partial charge in [0.25, 0.3) is 0 Å². The first kappa shape index (κ1) is 17.5. The third-order valence-corrected chi connectivity index (χ3v) is 5.01. The van der Waals surface area contributed by atoms with Crippen molar-refractivity contribution in [3.8, 4) is 0 Å². The molecule has 0 amide bonds. The number of aromatic amines is 1. The Balaban J connectivity index is 1.83. The molecule has 1 atom stereocenters. The Hall–Kier alpha value is -2.33. The summed E-state index contributed by atoms with van der Waals surface area (Å²) in [5, 5.41) is 5.43. The molecule has 0 radical (unpaired) electrons. The van der Waals surface area contributed by atoms with E-state index in [2.05, 4.69) is 84.6 Å². The van der Waals surface area contributed by atoms with Crippen LogP contribution in [0.4, 0.5) is 5.69 Å². The molecule has 0 unspecified atom stereocenters. The molecule has 2 aromatic carbocycles. The summed E-state index contributed by atoms with van der Waals surface area (Å²) in [5.41, 5.74) is 4.69. The minimum absolute atomic E-state index is 0.360. The molecule has 0 saturated heterocycles. The van der Waals surface area contributed by atoms with Gasteiger partial charge < -0.3 is 15.2 Å². The Morgan fingerprint density at radius 2 is 2.00 bits per heavy atom. The van der Waals surface area contributed by atoms with Crippen molar-refractivity contribution < 1.29 is 0 Å². The SMILES string of the molecule is CC[C@H](C)N(Cc1c[nH]c2ccccc12)C(=S)Nc1cccc(C)c1. The summed E-state index contributed by atoms with van der Waals surface area (Å²) < 4.78 is 0. The zero-order valence-corrected chi connectivity index (χ0v) is 15.9. The fourth-order valence-corrected chi connectivity index (χ4v) is 3.37.